The number of nitrogens with two attached hydrogens (primary N) is 1. The van der Waals surface area contributed by atoms with E-state index in [4.69, 9.17) is 17.3 Å². The Morgan fingerprint density at radius 1 is 1.38 bits per heavy atom. The molecule has 0 saturated carbocycles. The molecule has 0 atom stereocenters. The fourth-order valence-corrected chi connectivity index (χ4v) is 2.71. The van der Waals surface area contributed by atoms with E-state index in [9.17, 15) is 4.79 Å². The van der Waals surface area contributed by atoms with Crippen LogP contribution in [0.3, 0.4) is 0 Å². The van der Waals surface area contributed by atoms with Crippen molar-refractivity contribution in [2.75, 3.05) is 20.1 Å². The lowest BCUT2D eigenvalue weighted by Crippen LogP contribution is -2.40. The zero-order valence-electron chi connectivity index (χ0n) is 14.8. The lowest BCUT2D eigenvalue weighted by atomic mass is 9.93. The molecule has 2 N–H and O–H groups in total. The van der Waals surface area contributed by atoms with Crippen LogP contribution in [0.15, 0.2) is 18.2 Å². The second-order valence-corrected chi connectivity index (χ2v) is 7.28. The van der Waals surface area contributed by atoms with Gasteiger partial charge in [-0.05, 0) is 44.0 Å². The minimum atomic E-state index is -0.232. The summed E-state index contributed by atoms with van der Waals surface area (Å²) in [6.45, 7) is 8.88. The standard InChI is InChI=1S/C17H24ClN5O/c1-11-8-12(2)23(21-11)14-7-6-13(18)15(20-14)16(24)22(5)10-17(3,4)9-19/h6-8H,9-10,19H2,1-5H3. The first-order chi connectivity index (χ1) is 11.1. The Balaban J connectivity index is 2.35. The Morgan fingerprint density at radius 2 is 2.04 bits per heavy atom. The Hall–Kier alpha value is -1.92. The van der Waals surface area contributed by atoms with E-state index >= 15 is 0 Å². The van der Waals surface area contributed by atoms with Crippen molar-refractivity contribution in [1.82, 2.24) is 19.7 Å². The smallest absolute Gasteiger partial charge is 0.273 e. The van der Waals surface area contributed by atoms with Crippen molar-refractivity contribution < 1.29 is 4.79 Å². The molecule has 24 heavy (non-hydrogen) atoms. The Kier molecular flexibility index (Phi) is 5.30. The summed E-state index contributed by atoms with van der Waals surface area (Å²) in [5, 5.41) is 4.72. The molecule has 0 radical (unpaired) electrons. The summed E-state index contributed by atoms with van der Waals surface area (Å²) in [7, 11) is 1.73. The minimum Gasteiger partial charge on any atom is -0.340 e. The SMILES string of the molecule is Cc1cc(C)n(-c2ccc(Cl)c(C(=O)N(C)CC(C)(C)CN)n2)n1. The number of aromatic nitrogens is 3. The summed E-state index contributed by atoms with van der Waals surface area (Å²) >= 11 is 6.21. The molecule has 1 amide bonds. The highest BCUT2D eigenvalue weighted by molar-refractivity contribution is 6.33. The van der Waals surface area contributed by atoms with E-state index in [2.05, 4.69) is 10.1 Å². The van der Waals surface area contributed by atoms with E-state index < -0.39 is 0 Å². The number of aryl methyl sites for hydroxylation is 2. The fraction of sp³-hybridized carbons (Fsp3) is 0.471. The lowest BCUT2D eigenvalue weighted by Gasteiger charge is -2.29. The molecule has 0 bridgehead atoms. The van der Waals surface area contributed by atoms with Gasteiger partial charge in [0, 0.05) is 19.3 Å². The van der Waals surface area contributed by atoms with Gasteiger partial charge in [0.25, 0.3) is 5.91 Å². The molecule has 2 aromatic heterocycles. The van der Waals surface area contributed by atoms with Crippen LogP contribution < -0.4 is 5.73 Å². The maximum absolute atomic E-state index is 12.7. The summed E-state index contributed by atoms with van der Waals surface area (Å²) in [4.78, 5) is 18.8. The van der Waals surface area contributed by atoms with Gasteiger partial charge in [0.15, 0.2) is 5.82 Å². The van der Waals surface area contributed by atoms with Crippen LogP contribution in [0, 0.1) is 19.3 Å². The number of rotatable bonds is 5. The van der Waals surface area contributed by atoms with E-state index in [-0.39, 0.29) is 17.0 Å². The number of pyridine rings is 1. The summed E-state index contributed by atoms with van der Waals surface area (Å²) in [5.41, 5.74) is 7.63. The number of carbonyl (C=O) groups is 1. The van der Waals surface area contributed by atoms with Crippen LogP contribution in [0.4, 0.5) is 0 Å². The van der Waals surface area contributed by atoms with Gasteiger partial charge in [0.1, 0.15) is 5.69 Å². The Bertz CT molecular complexity index is 753. The average Bonchev–Trinajstić information content (AvgIpc) is 2.85. The van der Waals surface area contributed by atoms with E-state index in [1.165, 1.54) is 0 Å². The molecule has 2 aromatic rings. The lowest BCUT2D eigenvalue weighted by molar-refractivity contribution is 0.0735. The van der Waals surface area contributed by atoms with E-state index in [0.29, 0.717) is 23.9 Å². The Morgan fingerprint density at radius 3 is 2.58 bits per heavy atom. The number of amides is 1. The monoisotopic (exact) mass is 349 g/mol. The molecule has 0 saturated heterocycles. The van der Waals surface area contributed by atoms with E-state index in [0.717, 1.165) is 11.4 Å². The van der Waals surface area contributed by atoms with Gasteiger partial charge in [0.2, 0.25) is 0 Å². The van der Waals surface area contributed by atoms with Crippen molar-refractivity contribution in [1.29, 1.82) is 0 Å². The van der Waals surface area contributed by atoms with Crippen LogP contribution in [-0.4, -0.2) is 45.7 Å². The topological polar surface area (TPSA) is 77.0 Å². The molecule has 2 heterocycles. The largest absolute Gasteiger partial charge is 0.340 e. The third-order valence-corrected chi connectivity index (χ3v) is 4.13. The van der Waals surface area contributed by atoms with Crippen molar-refractivity contribution >= 4 is 17.5 Å². The van der Waals surface area contributed by atoms with E-state index in [1.54, 1.807) is 28.8 Å². The van der Waals surface area contributed by atoms with Gasteiger partial charge in [-0.1, -0.05) is 25.4 Å². The molecule has 0 fully saturated rings. The molecule has 0 aliphatic rings. The normalized spacial score (nSPS) is 11.6. The molecule has 130 valence electrons. The van der Waals surface area contributed by atoms with Crippen molar-refractivity contribution in [2.45, 2.75) is 27.7 Å². The highest BCUT2D eigenvalue weighted by Crippen LogP contribution is 2.21. The molecular formula is C17H24ClN5O. The van der Waals surface area contributed by atoms with Crippen LogP contribution in [0.2, 0.25) is 5.02 Å². The molecule has 0 spiro atoms. The van der Waals surface area contributed by atoms with Gasteiger partial charge < -0.3 is 10.6 Å². The third kappa shape index (κ3) is 3.94. The Labute approximate surface area is 147 Å². The average molecular weight is 350 g/mol. The number of hydrogen-bond acceptors (Lipinski definition) is 4. The summed E-state index contributed by atoms with van der Waals surface area (Å²) in [5.74, 6) is 0.338. The third-order valence-electron chi connectivity index (χ3n) is 3.82. The van der Waals surface area contributed by atoms with Crippen LogP contribution in [0.25, 0.3) is 5.82 Å². The number of nitrogens with zero attached hydrogens (tertiary/aromatic N) is 4. The second-order valence-electron chi connectivity index (χ2n) is 6.87. The molecule has 0 aliphatic heterocycles. The van der Waals surface area contributed by atoms with Crippen molar-refractivity contribution in [3.05, 3.63) is 40.3 Å². The summed E-state index contributed by atoms with van der Waals surface area (Å²) in [6.07, 6.45) is 0. The van der Waals surface area contributed by atoms with Crippen molar-refractivity contribution in [2.24, 2.45) is 11.1 Å². The molecule has 0 unspecified atom stereocenters. The van der Waals surface area contributed by atoms with Gasteiger partial charge in [-0.3, -0.25) is 4.79 Å². The van der Waals surface area contributed by atoms with Gasteiger partial charge in [-0.15, -0.1) is 0 Å². The quantitative estimate of drug-likeness (QED) is 0.900. The molecule has 0 aliphatic carbocycles. The van der Waals surface area contributed by atoms with Crippen LogP contribution in [-0.2, 0) is 0 Å². The number of hydrogen-bond donors (Lipinski definition) is 1. The predicted octanol–water partition coefficient (Wildman–Crippen LogP) is 2.59. The molecule has 6 nitrogen and oxygen atoms in total. The molecule has 2 rings (SSSR count). The van der Waals surface area contributed by atoms with Gasteiger partial charge in [0.05, 0.1) is 10.7 Å². The second kappa shape index (κ2) is 6.91. The maximum atomic E-state index is 12.7. The zero-order valence-corrected chi connectivity index (χ0v) is 15.6. The van der Waals surface area contributed by atoms with Crippen LogP contribution in [0.1, 0.15) is 35.7 Å². The predicted molar refractivity (Wildman–Crippen MR) is 95.6 cm³/mol. The maximum Gasteiger partial charge on any atom is 0.273 e. The van der Waals surface area contributed by atoms with Crippen molar-refractivity contribution in [3.8, 4) is 5.82 Å². The minimum absolute atomic E-state index is 0.176. The summed E-state index contributed by atoms with van der Waals surface area (Å²) < 4.78 is 1.70. The molecular weight excluding hydrogens is 326 g/mol. The number of carbonyl (C=O) groups excluding carboxylic acids is 1. The first kappa shape index (κ1) is 18.4. The first-order valence-corrected chi connectivity index (χ1v) is 8.18. The summed E-state index contributed by atoms with van der Waals surface area (Å²) in [6, 6.07) is 5.38. The van der Waals surface area contributed by atoms with Gasteiger partial charge in [-0.25, -0.2) is 9.67 Å². The highest BCUT2D eigenvalue weighted by Gasteiger charge is 2.24. The van der Waals surface area contributed by atoms with Crippen molar-refractivity contribution in [3.63, 3.8) is 0 Å². The zero-order chi connectivity index (χ0) is 18.1. The van der Waals surface area contributed by atoms with Gasteiger partial charge in [-0.2, -0.15) is 5.10 Å². The first-order valence-electron chi connectivity index (χ1n) is 7.80. The molecule has 7 heteroatoms. The van der Waals surface area contributed by atoms with Crippen LogP contribution in [0.5, 0.6) is 0 Å². The van der Waals surface area contributed by atoms with E-state index in [1.807, 2.05) is 33.8 Å². The van der Waals surface area contributed by atoms with Crippen LogP contribution >= 0.6 is 11.6 Å². The fourth-order valence-electron chi connectivity index (χ4n) is 2.52. The number of halogens is 1. The highest BCUT2D eigenvalue weighted by atomic mass is 35.5. The molecule has 0 aromatic carbocycles. The van der Waals surface area contributed by atoms with Gasteiger partial charge >= 0.3 is 0 Å².